The van der Waals surface area contributed by atoms with Crippen molar-refractivity contribution in [1.82, 2.24) is 10.6 Å². The zero-order chi connectivity index (χ0) is 16.3. The summed E-state index contributed by atoms with van der Waals surface area (Å²) < 4.78 is 11.2. The first kappa shape index (κ1) is 21.2. The van der Waals surface area contributed by atoms with Gasteiger partial charge in [-0.05, 0) is 30.4 Å². The van der Waals surface area contributed by atoms with Gasteiger partial charge in [0.25, 0.3) is 0 Å². The number of nitrogens with one attached hydrogen (secondary N) is 2. The first-order chi connectivity index (χ1) is 11.3. The van der Waals surface area contributed by atoms with Crippen LogP contribution in [0.2, 0.25) is 0 Å². The molecule has 1 atom stereocenters. The Hall–Kier alpha value is -0.860. The zero-order valence-corrected chi connectivity index (χ0v) is 17.0. The van der Waals surface area contributed by atoms with Crippen LogP contribution in [0.1, 0.15) is 30.9 Å². The van der Waals surface area contributed by atoms with Gasteiger partial charge in [0.2, 0.25) is 0 Å². The molecule has 0 aliphatic carbocycles. The Balaban J connectivity index is 0.00000288. The predicted molar refractivity (Wildman–Crippen MR) is 109 cm³/mol. The van der Waals surface area contributed by atoms with Crippen LogP contribution >= 0.6 is 24.0 Å². The van der Waals surface area contributed by atoms with Crippen molar-refractivity contribution in [2.45, 2.75) is 38.8 Å². The summed E-state index contributed by atoms with van der Waals surface area (Å²) >= 11 is 0. The highest BCUT2D eigenvalue weighted by molar-refractivity contribution is 14.0. The molecule has 0 saturated carbocycles. The van der Waals surface area contributed by atoms with Crippen LogP contribution in [0.4, 0.5) is 0 Å². The van der Waals surface area contributed by atoms with Crippen LogP contribution in [0, 0.1) is 0 Å². The first-order valence-corrected chi connectivity index (χ1v) is 8.54. The average molecular weight is 447 g/mol. The second-order valence-electron chi connectivity index (χ2n) is 5.68. The lowest BCUT2D eigenvalue weighted by molar-refractivity contribution is 0.0191. The van der Waals surface area contributed by atoms with Gasteiger partial charge in [0.05, 0.1) is 19.3 Å². The van der Waals surface area contributed by atoms with Crippen LogP contribution in [0.5, 0.6) is 0 Å². The lowest BCUT2D eigenvalue weighted by Gasteiger charge is -2.14. The van der Waals surface area contributed by atoms with Crippen molar-refractivity contribution in [2.24, 2.45) is 4.99 Å². The van der Waals surface area contributed by atoms with E-state index in [9.17, 15) is 0 Å². The minimum absolute atomic E-state index is 0. The third-order valence-electron chi connectivity index (χ3n) is 4.04. The van der Waals surface area contributed by atoms with E-state index < -0.39 is 0 Å². The Morgan fingerprint density at radius 2 is 2.08 bits per heavy atom. The van der Waals surface area contributed by atoms with Gasteiger partial charge in [-0.1, -0.05) is 31.2 Å². The van der Waals surface area contributed by atoms with E-state index in [0.717, 1.165) is 44.9 Å². The highest BCUT2D eigenvalue weighted by Gasteiger charge is 2.14. The molecule has 0 spiro atoms. The molecule has 1 heterocycles. The summed E-state index contributed by atoms with van der Waals surface area (Å²) in [5.41, 5.74) is 2.68. The quantitative estimate of drug-likeness (QED) is 0.279. The molecule has 1 aromatic rings. The van der Waals surface area contributed by atoms with E-state index >= 15 is 0 Å². The topological polar surface area (TPSA) is 54.9 Å². The van der Waals surface area contributed by atoms with Crippen molar-refractivity contribution in [3.8, 4) is 0 Å². The molecular formula is C18H30IN3O2. The summed E-state index contributed by atoms with van der Waals surface area (Å²) in [7, 11) is 1.79. The maximum Gasteiger partial charge on any atom is 0.191 e. The number of hydrogen-bond donors (Lipinski definition) is 2. The minimum Gasteiger partial charge on any atom is -0.377 e. The van der Waals surface area contributed by atoms with Crippen molar-refractivity contribution in [2.75, 3.05) is 33.4 Å². The van der Waals surface area contributed by atoms with Gasteiger partial charge in [-0.3, -0.25) is 4.99 Å². The molecule has 2 N–H and O–H groups in total. The van der Waals surface area contributed by atoms with E-state index in [1.165, 1.54) is 11.1 Å². The maximum absolute atomic E-state index is 5.64. The number of ether oxygens (including phenoxy) is 2. The van der Waals surface area contributed by atoms with E-state index in [1.807, 2.05) is 0 Å². The second kappa shape index (κ2) is 12.5. The number of aryl methyl sites for hydroxylation is 1. The predicted octanol–water partition coefficient (Wildman–Crippen LogP) is 2.73. The normalized spacial score (nSPS) is 17.4. The van der Waals surface area contributed by atoms with Crippen LogP contribution in [0.3, 0.4) is 0 Å². The van der Waals surface area contributed by atoms with Crippen LogP contribution in [0.15, 0.2) is 29.3 Å². The number of aliphatic imine (C=N–C) groups is 1. The Bertz CT molecular complexity index is 491. The van der Waals surface area contributed by atoms with E-state index in [4.69, 9.17) is 9.47 Å². The van der Waals surface area contributed by atoms with Crippen molar-refractivity contribution in [3.63, 3.8) is 0 Å². The molecule has 0 aromatic heterocycles. The van der Waals surface area contributed by atoms with Crippen LogP contribution < -0.4 is 10.6 Å². The highest BCUT2D eigenvalue weighted by Crippen LogP contribution is 2.11. The SMILES string of the molecule is CCc1ccccc1CNC(=NC)NCCOCC1CCCO1.I. The molecule has 1 saturated heterocycles. The van der Waals surface area contributed by atoms with Crippen molar-refractivity contribution < 1.29 is 9.47 Å². The number of hydrogen-bond acceptors (Lipinski definition) is 3. The molecule has 1 aliphatic heterocycles. The van der Waals surface area contributed by atoms with Gasteiger partial charge >= 0.3 is 0 Å². The van der Waals surface area contributed by atoms with E-state index in [0.29, 0.717) is 13.2 Å². The lowest BCUT2D eigenvalue weighted by atomic mass is 10.1. The van der Waals surface area contributed by atoms with Crippen LogP contribution in [-0.2, 0) is 22.4 Å². The molecule has 1 aliphatic rings. The van der Waals surface area contributed by atoms with Crippen molar-refractivity contribution >= 4 is 29.9 Å². The number of guanidine groups is 1. The fraction of sp³-hybridized carbons (Fsp3) is 0.611. The third-order valence-corrected chi connectivity index (χ3v) is 4.04. The Kier molecular flexibility index (Phi) is 11.0. The molecule has 0 bridgehead atoms. The van der Waals surface area contributed by atoms with E-state index in [-0.39, 0.29) is 30.1 Å². The van der Waals surface area contributed by atoms with Gasteiger partial charge in [0, 0.05) is 26.7 Å². The van der Waals surface area contributed by atoms with Gasteiger partial charge in [0.15, 0.2) is 5.96 Å². The summed E-state index contributed by atoms with van der Waals surface area (Å²) in [6.07, 6.45) is 3.61. The maximum atomic E-state index is 5.64. The van der Waals surface area contributed by atoms with E-state index in [1.54, 1.807) is 7.05 Å². The number of halogens is 1. The van der Waals surface area contributed by atoms with Gasteiger partial charge in [-0.15, -0.1) is 24.0 Å². The molecule has 1 aromatic carbocycles. The first-order valence-electron chi connectivity index (χ1n) is 8.54. The molecule has 0 radical (unpaired) electrons. The number of rotatable bonds is 8. The Morgan fingerprint density at radius 3 is 2.75 bits per heavy atom. The Morgan fingerprint density at radius 1 is 1.29 bits per heavy atom. The largest absolute Gasteiger partial charge is 0.377 e. The molecule has 1 fully saturated rings. The number of benzene rings is 1. The smallest absolute Gasteiger partial charge is 0.191 e. The summed E-state index contributed by atoms with van der Waals surface area (Å²) in [6.45, 7) is 5.92. The van der Waals surface area contributed by atoms with E-state index in [2.05, 4.69) is 46.8 Å². The van der Waals surface area contributed by atoms with Crippen LogP contribution in [-0.4, -0.2) is 45.5 Å². The Labute approximate surface area is 162 Å². The molecule has 0 amide bonds. The fourth-order valence-electron chi connectivity index (χ4n) is 2.71. The van der Waals surface area contributed by atoms with Crippen LogP contribution in [0.25, 0.3) is 0 Å². The number of nitrogens with zero attached hydrogens (tertiary/aromatic N) is 1. The summed E-state index contributed by atoms with van der Waals surface area (Å²) in [5, 5.41) is 6.63. The molecule has 24 heavy (non-hydrogen) atoms. The molecular weight excluding hydrogens is 417 g/mol. The van der Waals surface area contributed by atoms with Gasteiger partial charge < -0.3 is 20.1 Å². The van der Waals surface area contributed by atoms with Gasteiger partial charge in [-0.25, -0.2) is 0 Å². The summed E-state index contributed by atoms with van der Waals surface area (Å²) in [5.74, 6) is 0.802. The van der Waals surface area contributed by atoms with Gasteiger partial charge in [0.1, 0.15) is 0 Å². The molecule has 2 rings (SSSR count). The monoisotopic (exact) mass is 447 g/mol. The summed E-state index contributed by atoms with van der Waals surface area (Å²) in [6, 6.07) is 8.49. The second-order valence-corrected chi connectivity index (χ2v) is 5.68. The fourth-order valence-corrected chi connectivity index (χ4v) is 2.71. The average Bonchev–Trinajstić information content (AvgIpc) is 3.11. The molecule has 136 valence electrons. The third kappa shape index (κ3) is 7.36. The minimum atomic E-state index is 0. The van der Waals surface area contributed by atoms with Crippen molar-refractivity contribution in [3.05, 3.63) is 35.4 Å². The molecule has 1 unspecified atom stereocenters. The summed E-state index contributed by atoms with van der Waals surface area (Å²) in [4.78, 5) is 4.25. The van der Waals surface area contributed by atoms with Gasteiger partial charge in [-0.2, -0.15) is 0 Å². The zero-order valence-electron chi connectivity index (χ0n) is 14.7. The van der Waals surface area contributed by atoms with Crippen molar-refractivity contribution in [1.29, 1.82) is 0 Å². The molecule has 5 nitrogen and oxygen atoms in total. The standard InChI is InChI=1S/C18H29N3O2.HI/c1-3-15-7-4-5-8-16(15)13-21-18(19-2)20-10-12-22-14-17-9-6-11-23-17;/h4-5,7-8,17H,3,6,9-14H2,1-2H3,(H2,19,20,21);1H. The lowest BCUT2D eigenvalue weighted by Crippen LogP contribution is -2.38. The highest BCUT2D eigenvalue weighted by atomic mass is 127. The molecule has 6 heteroatoms.